The van der Waals surface area contributed by atoms with E-state index in [0.29, 0.717) is 0 Å². The molecule has 0 atom stereocenters. The zero-order valence-electron chi connectivity index (χ0n) is 34.0. The van der Waals surface area contributed by atoms with Crippen LogP contribution in [0.25, 0.3) is 111 Å². The average Bonchev–Trinajstić information content (AvgIpc) is 3.37. The van der Waals surface area contributed by atoms with Gasteiger partial charge < -0.3 is 0 Å². The molecule has 0 aliphatic heterocycles. The van der Waals surface area contributed by atoms with Gasteiger partial charge in [-0.25, -0.2) is 9.97 Å². The first-order valence-electron chi connectivity index (χ1n) is 21.1. The minimum absolute atomic E-state index is 0.934. The predicted molar refractivity (Wildman–Crippen MR) is 261 cm³/mol. The highest BCUT2D eigenvalue weighted by Gasteiger charge is 2.17. The van der Waals surface area contributed by atoms with Crippen LogP contribution in [0.15, 0.2) is 243 Å². The quantitative estimate of drug-likeness (QED) is 0.143. The maximum atomic E-state index is 5.35. The van der Waals surface area contributed by atoms with Crippen LogP contribution >= 0.6 is 0 Å². The molecule has 0 radical (unpaired) electrons. The van der Waals surface area contributed by atoms with E-state index in [-0.39, 0.29) is 0 Å². The van der Waals surface area contributed by atoms with Gasteiger partial charge in [0, 0.05) is 22.1 Å². The highest BCUT2D eigenvalue weighted by atomic mass is 14.7. The predicted octanol–water partition coefficient (Wildman–Crippen LogP) is 16.1. The van der Waals surface area contributed by atoms with Gasteiger partial charge in [-0.3, -0.25) is 0 Å². The van der Waals surface area contributed by atoms with Gasteiger partial charge in [0.15, 0.2) is 0 Å². The van der Waals surface area contributed by atoms with Crippen molar-refractivity contribution in [2.45, 2.75) is 0 Å². The Hall–Kier alpha value is -8.20. The Morgan fingerprint density at radius 3 is 1.06 bits per heavy atom. The molecule has 0 unspecified atom stereocenters. The Labute approximate surface area is 362 Å². The van der Waals surface area contributed by atoms with Gasteiger partial charge in [0.2, 0.25) is 0 Å². The second kappa shape index (κ2) is 16.1. The summed E-state index contributed by atoms with van der Waals surface area (Å²) in [5, 5.41) is 3.55. The maximum Gasteiger partial charge on any atom is 0.0728 e. The van der Waals surface area contributed by atoms with Crippen LogP contribution in [0.5, 0.6) is 0 Å². The molecule has 0 N–H and O–H groups in total. The molecule has 290 valence electrons. The SMILES string of the molecule is c1ccc(-c2ccc(-c3cc(-c4ccc(-c5cc6nc(-c7ccccc7)cc(-c7ccccc7)c6c6ccccc56)cc4)cc(-c4ccc(-c5ccccc5)cc4)n3)cc2)cc1. The summed E-state index contributed by atoms with van der Waals surface area (Å²) in [6.07, 6.45) is 0. The fourth-order valence-corrected chi connectivity index (χ4v) is 8.71. The minimum atomic E-state index is 0.934. The van der Waals surface area contributed by atoms with Crippen LogP contribution in [-0.2, 0) is 0 Å². The Bertz CT molecular complexity index is 3220. The second-order valence-corrected chi connectivity index (χ2v) is 15.7. The third-order valence-electron chi connectivity index (χ3n) is 11.9. The highest BCUT2D eigenvalue weighted by molar-refractivity contribution is 6.18. The van der Waals surface area contributed by atoms with Crippen molar-refractivity contribution >= 4 is 21.7 Å². The number of benzene rings is 9. The Balaban J connectivity index is 1.02. The zero-order valence-corrected chi connectivity index (χ0v) is 34.0. The molecule has 0 aliphatic rings. The molecule has 9 aromatic carbocycles. The molecule has 11 rings (SSSR count). The smallest absolute Gasteiger partial charge is 0.0728 e. The van der Waals surface area contributed by atoms with E-state index in [1.807, 2.05) is 0 Å². The summed E-state index contributed by atoms with van der Waals surface area (Å²) >= 11 is 0. The average molecular weight is 789 g/mol. The molecule has 0 saturated carbocycles. The van der Waals surface area contributed by atoms with E-state index < -0.39 is 0 Å². The number of pyridine rings is 2. The van der Waals surface area contributed by atoms with Crippen molar-refractivity contribution < 1.29 is 0 Å². The lowest BCUT2D eigenvalue weighted by atomic mass is 9.90. The molecule has 2 aromatic heterocycles. The summed E-state index contributed by atoms with van der Waals surface area (Å²) in [6.45, 7) is 0. The molecule has 0 saturated heterocycles. The van der Waals surface area contributed by atoms with E-state index in [1.54, 1.807) is 0 Å². The number of hydrogen-bond acceptors (Lipinski definition) is 2. The lowest BCUT2D eigenvalue weighted by Crippen LogP contribution is -1.93. The lowest BCUT2D eigenvalue weighted by Gasteiger charge is -2.16. The number of hydrogen-bond donors (Lipinski definition) is 0. The lowest BCUT2D eigenvalue weighted by molar-refractivity contribution is 1.32. The first-order chi connectivity index (χ1) is 30.7. The van der Waals surface area contributed by atoms with Crippen molar-refractivity contribution in [3.63, 3.8) is 0 Å². The van der Waals surface area contributed by atoms with Gasteiger partial charge in [0.05, 0.1) is 22.6 Å². The summed E-state index contributed by atoms with van der Waals surface area (Å²) in [6, 6.07) is 86.4. The first kappa shape index (κ1) is 36.8. The maximum absolute atomic E-state index is 5.35. The fourth-order valence-electron chi connectivity index (χ4n) is 8.71. The van der Waals surface area contributed by atoms with E-state index in [1.165, 1.54) is 44.2 Å². The van der Waals surface area contributed by atoms with Crippen molar-refractivity contribution in [2.75, 3.05) is 0 Å². The van der Waals surface area contributed by atoms with E-state index in [4.69, 9.17) is 9.97 Å². The molecule has 62 heavy (non-hydrogen) atoms. The molecule has 0 aliphatic carbocycles. The third-order valence-corrected chi connectivity index (χ3v) is 11.9. The van der Waals surface area contributed by atoms with Crippen LogP contribution in [0.2, 0.25) is 0 Å². The minimum Gasteiger partial charge on any atom is -0.248 e. The molecule has 0 amide bonds. The van der Waals surface area contributed by atoms with Gasteiger partial charge in [0.1, 0.15) is 0 Å². The molecular formula is C60H40N2. The van der Waals surface area contributed by atoms with Crippen LogP contribution < -0.4 is 0 Å². The van der Waals surface area contributed by atoms with E-state index >= 15 is 0 Å². The van der Waals surface area contributed by atoms with Crippen molar-refractivity contribution in [3.05, 3.63) is 243 Å². The normalized spacial score (nSPS) is 11.2. The van der Waals surface area contributed by atoms with Crippen LogP contribution in [-0.4, -0.2) is 9.97 Å². The van der Waals surface area contributed by atoms with Gasteiger partial charge in [-0.2, -0.15) is 0 Å². The third kappa shape index (κ3) is 7.14. The largest absolute Gasteiger partial charge is 0.248 e. The number of rotatable bonds is 8. The molecule has 0 bridgehead atoms. The summed E-state index contributed by atoms with van der Waals surface area (Å²) in [4.78, 5) is 10.6. The van der Waals surface area contributed by atoms with Gasteiger partial charge in [-0.15, -0.1) is 0 Å². The van der Waals surface area contributed by atoms with Crippen LogP contribution in [0.1, 0.15) is 0 Å². The Morgan fingerprint density at radius 1 is 0.210 bits per heavy atom. The number of aromatic nitrogens is 2. The monoisotopic (exact) mass is 788 g/mol. The zero-order chi connectivity index (χ0) is 41.2. The molecular weight excluding hydrogens is 749 g/mol. The Kier molecular flexibility index (Phi) is 9.57. The standard InChI is InChI=1S/C60H40N2/c1-5-15-41(16-6-1)43-27-33-49(34-28-43)56-37-51(38-57(61-56)50-35-29-44(30-36-50)42-17-7-2-8-18-42)45-25-31-47(32-26-45)54-39-59-60(53-24-14-13-23-52(53)54)55(46-19-9-3-10-20-46)40-58(62-59)48-21-11-4-12-22-48/h1-40H. The fraction of sp³-hybridized carbons (Fsp3) is 0. The Morgan fingerprint density at radius 2 is 0.548 bits per heavy atom. The highest BCUT2D eigenvalue weighted by Crippen LogP contribution is 2.41. The second-order valence-electron chi connectivity index (χ2n) is 15.7. The van der Waals surface area contributed by atoms with Crippen molar-refractivity contribution in [3.8, 4) is 89.4 Å². The van der Waals surface area contributed by atoms with Gasteiger partial charge in [-0.05, 0) is 90.7 Å². The van der Waals surface area contributed by atoms with E-state index in [2.05, 4.69) is 243 Å². The summed E-state index contributed by atoms with van der Waals surface area (Å²) < 4.78 is 0. The topological polar surface area (TPSA) is 25.8 Å². The van der Waals surface area contributed by atoms with Crippen molar-refractivity contribution in [1.29, 1.82) is 0 Å². The molecule has 2 nitrogen and oxygen atoms in total. The van der Waals surface area contributed by atoms with Gasteiger partial charge in [0.25, 0.3) is 0 Å². The summed E-state index contributed by atoms with van der Waals surface area (Å²) in [5.41, 5.74) is 18.7. The first-order valence-corrected chi connectivity index (χ1v) is 21.1. The number of nitrogens with zero attached hydrogens (tertiary/aromatic N) is 2. The van der Waals surface area contributed by atoms with Gasteiger partial charge >= 0.3 is 0 Å². The molecule has 0 fully saturated rings. The molecule has 2 heterocycles. The van der Waals surface area contributed by atoms with Crippen molar-refractivity contribution in [2.24, 2.45) is 0 Å². The molecule has 11 aromatic rings. The molecule has 0 spiro atoms. The summed E-state index contributed by atoms with van der Waals surface area (Å²) in [5.74, 6) is 0. The summed E-state index contributed by atoms with van der Waals surface area (Å²) in [7, 11) is 0. The van der Waals surface area contributed by atoms with E-state index in [9.17, 15) is 0 Å². The van der Waals surface area contributed by atoms with Crippen LogP contribution in [0, 0.1) is 0 Å². The van der Waals surface area contributed by atoms with Crippen molar-refractivity contribution in [1.82, 2.24) is 9.97 Å². The van der Waals surface area contributed by atoms with Crippen LogP contribution in [0.4, 0.5) is 0 Å². The molecule has 2 heteroatoms. The van der Waals surface area contributed by atoms with Crippen LogP contribution in [0.3, 0.4) is 0 Å². The van der Waals surface area contributed by atoms with Gasteiger partial charge in [-0.1, -0.05) is 218 Å². The number of fused-ring (bicyclic) bond motifs is 3. The van der Waals surface area contributed by atoms with E-state index in [0.717, 1.165) is 66.9 Å².